The summed E-state index contributed by atoms with van der Waals surface area (Å²) in [6, 6.07) is 11.7. The second-order valence-electron chi connectivity index (χ2n) is 7.01. The van der Waals surface area contributed by atoms with Crippen LogP contribution in [-0.4, -0.2) is 21.5 Å². The minimum atomic E-state index is -0.742. The summed E-state index contributed by atoms with van der Waals surface area (Å²) in [7, 11) is 0. The molecule has 144 valence electrons. The van der Waals surface area contributed by atoms with E-state index in [0.29, 0.717) is 28.0 Å². The number of H-pyrrole nitrogens is 1. The standard InChI is InChI=1S/C20H19N3O5/c1-20(2)27-15-8-7-12(11-16(15)28-20)21-17(24)9-10-23-19(26)14-6-4-3-5-13(14)18(25)22-23/h3-8,11H,9-10H2,1-2H3,(H,21,24)(H,22,25). The fraction of sp³-hybridized carbons (Fsp3) is 0.250. The van der Waals surface area contributed by atoms with Crippen LogP contribution in [0.4, 0.5) is 5.69 Å². The molecule has 1 aliphatic rings. The molecule has 0 radical (unpaired) electrons. The van der Waals surface area contributed by atoms with E-state index in [4.69, 9.17) is 9.47 Å². The summed E-state index contributed by atoms with van der Waals surface area (Å²) in [6.07, 6.45) is 0.0219. The fourth-order valence-electron chi connectivity index (χ4n) is 3.14. The Hall–Kier alpha value is -3.55. The molecule has 2 N–H and O–H groups in total. The number of amides is 1. The van der Waals surface area contributed by atoms with Gasteiger partial charge in [0.2, 0.25) is 11.7 Å². The first-order valence-electron chi connectivity index (χ1n) is 8.86. The van der Waals surface area contributed by atoms with Crippen molar-refractivity contribution >= 4 is 22.4 Å². The van der Waals surface area contributed by atoms with Gasteiger partial charge in [-0.15, -0.1) is 0 Å². The Balaban J connectivity index is 1.46. The van der Waals surface area contributed by atoms with Crippen molar-refractivity contribution in [3.05, 3.63) is 63.2 Å². The van der Waals surface area contributed by atoms with Crippen LogP contribution in [0.2, 0.25) is 0 Å². The van der Waals surface area contributed by atoms with E-state index in [9.17, 15) is 14.4 Å². The van der Waals surface area contributed by atoms with E-state index in [1.54, 1.807) is 56.3 Å². The minimum Gasteiger partial charge on any atom is -0.449 e. The smallest absolute Gasteiger partial charge is 0.273 e. The summed E-state index contributed by atoms with van der Waals surface area (Å²) < 4.78 is 12.4. The molecule has 0 unspecified atom stereocenters. The van der Waals surface area contributed by atoms with Crippen molar-refractivity contribution in [2.45, 2.75) is 32.6 Å². The normalized spacial score (nSPS) is 14.2. The summed E-state index contributed by atoms with van der Waals surface area (Å²) >= 11 is 0. The molecule has 2 heterocycles. The maximum Gasteiger partial charge on any atom is 0.273 e. The van der Waals surface area contributed by atoms with Crippen LogP contribution in [0, 0.1) is 0 Å². The van der Waals surface area contributed by atoms with Crippen LogP contribution >= 0.6 is 0 Å². The number of aryl methyl sites for hydroxylation is 1. The van der Waals surface area contributed by atoms with E-state index >= 15 is 0 Å². The number of aromatic nitrogens is 2. The van der Waals surface area contributed by atoms with Crippen molar-refractivity contribution in [2.75, 3.05) is 5.32 Å². The second-order valence-corrected chi connectivity index (χ2v) is 7.01. The van der Waals surface area contributed by atoms with Crippen LogP contribution in [0.3, 0.4) is 0 Å². The number of carbonyl (C=O) groups is 1. The van der Waals surface area contributed by atoms with Crippen molar-refractivity contribution in [3.63, 3.8) is 0 Å². The van der Waals surface area contributed by atoms with Crippen molar-refractivity contribution in [1.29, 1.82) is 0 Å². The number of nitrogens with one attached hydrogen (secondary N) is 2. The van der Waals surface area contributed by atoms with Gasteiger partial charge in [-0.1, -0.05) is 12.1 Å². The lowest BCUT2D eigenvalue weighted by molar-refractivity contribution is -0.116. The first kappa shape index (κ1) is 17.8. The molecule has 0 saturated heterocycles. The maximum atomic E-state index is 12.5. The number of ether oxygens (including phenoxy) is 2. The van der Waals surface area contributed by atoms with Gasteiger partial charge in [0.25, 0.3) is 11.1 Å². The molecular formula is C20H19N3O5. The zero-order chi connectivity index (χ0) is 19.9. The molecule has 1 aliphatic heterocycles. The SMILES string of the molecule is CC1(C)Oc2ccc(NC(=O)CCn3[nH]c(=O)c4ccccc4c3=O)cc2O1. The zero-order valence-electron chi connectivity index (χ0n) is 15.4. The quantitative estimate of drug-likeness (QED) is 0.721. The van der Waals surface area contributed by atoms with Gasteiger partial charge >= 0.3 is 0 Å². The van der Waals surface area contributed by atoms with E-state index in [-0.39, 0.29) is 30.0 Å². The van der Waals surface area contributed by atoms with Gasteiger partial charge in [-0.2, -0.15) is 0 Å². The third-order valence-electron chi connectivity index (χ3n) is 4.39. The van der Waals surface area contributed by atoms with Crippen molar-refractivity contribution in [3.8, 4) is 11.5 Å². The largest absolute Gasteiger partial charge is 0.449 e. The molecule has 4 rings (SSSR count). The Kier molecular flexibility index (Phi) is 4.18. The van der Waals surface area contributed by atoms with Gasteiger partial charge in [0, 0.05) is 32.0 Å². The van der Waals surface area contributed by atoms with Crippen LogP contribution in [0.1, 0.15) is 20.3 Å². The summed E-state index contributed by atoms with van der Waals surface area (Å²) in [5, 5.41) is 5.93. The highest BCUT2D eigenvalue weighted by Crippen LogP contribution is 2.40. The molecule has 1 amide bonds. The highest BCUT2D eigenvalue weighted by Gasteiger charge is 2.31. The van der Waals surface area contributed by atoms with Gasteiger partial charge in [-0.3, -0.25) is 19.5 Å². The van der Waals surface area contributed by atoms with Gasteiger partial charge in [-0.25, -0.2) is 4.68 Å². The summed E-state index contributed by atoms with van der Waals surface area (Å²) in [5.41, 5.74) is -0.147. The molecule has 0 bridgehead atoms. The van der Waals surface area contributed by atoms with Gasteiger partial charge in [0.15, 0.2) is 11.5 Å². The topological polar surface area (TPSA) is 102 Å². The van der Waals surface area contributed by atoms with Crippen LogP contribution in [0.15, 0.2) is 52.1 Å². The minimum absolute atomic E-state index is 0.0219. The number of anilines is 1. The highest BCUT2D eigenvalue weighted by atomic mass is 16.7. The van der Waals surface area contributed by atoms with Crippen molar-refractivity contribution in [2.24, 2.45) is 0 Å². The monoisotopic (exact) mass is 381 g/mol. The molecule has 0 fully saturated rings. The van der Waals surface area contributed by atoms with Crippen molar-refractivity contribution < 1.29 is 14.3 Å². The maximum absolute atomic E-state index is 12.5. The Morgan fingerprint density at radius 1 is 1.07 bits per heavy atom. The molecule has 3 aromatic rings. The number of hydrogen-bond acceptors (Lipinski definition) is 5. The van der Waals surface area contributed by atoms with Crippen LogP contribution in [0.5, 0.6) is 11.5 Å². The van der Waals surface area contributed by atoms with Crippen LogP contribution in [0.25, 0.3) is 10.8 Å². The molecule has 28 heavy (non-hydrogen) atoms. The lowest BCUT2D eigenvalue weighted by atomic mass is 10.2. The molecular weight excluding hydrogens is 362 g/mol. The van der Waals surface area contributed by atoms with Gasteiger partial charge in [0.05, 0.1) is 17.3 Å². The number of hydrogen-bond donors (Lipinski definition) is 2. The molecule has 1 aromatic heterocycles. The average molecular weight is 381 g/mol. The summed E-state index contributed by atoms with van der Waals surface area (Å²) in [6.45, 7) is 3.66. The van der Waals surface area contributed by atoms with E-state index in [1.165, 1.54) is 0 Å². The molecule has 0 saturated carbocycles. The lowest BCUT2D eigenvalue weighted by Gasteiger charge is -2.16. The number of rotatable bonds is 4. The first-order valence-corrected chi connectivity index (χ1v) is 8.86. The molecule has 8 nitrogen and oxygen atoms in total. The molecule has 8 heteroatoms. The fourth-order valence-corrected chi connectivity index (χ4v) is 3.14. The molecule has 0 aliphatic carbocycles. The Bertz CT molecular complexity index is 1190. The van der Waals surface area contributed by atoms with E-state index in [0.717, 1.165) is 4.68 Å². The van der Waals surface area contributed by atoms with Gasteiger partial charge < -0.3 is 14.8 Å². The van der Waals surface area contributed by atoms with Gasteiger partial charge in [0.1, 0.15) is 0 Å². The Labute approximate surface area is 159 Å². The van der Waals surface area contributed by atoms with Crippen molar-refractivity contribution in [1.82, 2.24) is 9.78 Å². The van der Waals surface area contributed by atoms with E-state index in [2.05, 4.69) is 10.4 Å². The number of fused-ring (bicyclic) bond motifs is 2. The first-order chi connectivity index (χ1) is 13.3. The van der Waals surface area contributed by atoms with E-state index < -0.39 is 5.79 Å². The Morgan fingerprint density at radius 3 is 2.57 bits per heavy atom. The number of benzene rings is 2. The second kappa shape index (κ2) is 6.56. The van der Waals surface area contributed by atoms with E-state index in [1.807, 2.05) is 0 Å². The third kappa shape index (κ3) is 3.36. The number of nitrogens with zero attached hydrogens (tertiary/aromatic N) is 1. The summed E-state index contributed by atoms with van der Waals surface area (Å²) in [5.74, 6) is 0.133. The predicted molar refractivity (Wildman–Crippen MR) is 104 cm³/mol. The third-order valence-corrected chi connectivity index (χ3v) is 4.39. The van der Waals surface area contributed by atoms with Crippen LogP contribution < -0.4 is 25.9 Å². The Morgan fingerprint density at radius 2 is 1.79 bits per heavy atom. The zero-order valence-corrected chi connectivity index (χ0v) is 15.4. The van der Waals surface area contributed by atoms with Crippen LogP contribution in [-0.2, 0) is 11.3 Å². The lowest BCUT2D eigenvalue weighted by Crippen LogP contribution is -2.31. The average Bonchev–Trinajstić information content (AvgIpc) is 2.96. The molecule has 0 spiro atoms. The highest BCUT2D eigenvalue weighted by molar-refractivity contribution is 5.91. The summed E-state index contributed by atoms with van der Waals surface area (Å²) in [4.78, 5) is 36.9. The number of carbonyl (C=O) groups excluding carboxylic acids is 1. The predicted octanol–water partition coefficient (Wildman–Crippen LogP) is 2.23. The number of aromatic amines is 1. The van der Waals surface area contributed by atoms with Gasteiger partial charge in [-0.05, 0) is 24.3 Å². The molecule has 0 atom stereocenters. The molecule has 2 aromatic carbocycles.